The summed E-state index contributed by atoms with van der Waals surface area (Å²) in [6.45, 7) is 2.69. The molecule has 0 fully saturated rings. The lowest BCUT2D eigenvalue weighted by atomic mass is 9.71. The van der Waals surface area contributed by atoms with Crippen molar-refractivity contribution in [3.63, 3.8) is 0 Å². The number of rotatable bonds is 4. The number of halogens is 3. The zero-order valence-electron chi connectivity index (χ0n) is 11.7. The average Bonchev–Trinajstić information content (AvgIpc) is 2.43. The van der Waals surface area contributed by atoms with Crippen molar-refractivity contribution in [2.75, 3.05) is 6.54 Å². The first-order chi connectivity index (χ1) is 10.1. The van der Waals surface area contributed by atoms with Crippen LogP contribution in [0.3, 0.4) is 0 Å². The fraction of sp³-hybridized carbons (Fsp3) is 0.294. The van der Waals surface area contributed by atoms with Crippen LogP contribution in [-0.4, -0.2) is 6.54 Å². The molecule has 0 spiro atoms. The van der Waals surface area contributed by atoms with Gasteiger partial charge in [0.25, 0.3) is 0 Å². The van der Waals surface area contributed by atoms with Gasteiger partial charge in [-0.25, -0.2) is 8.78 Å². The highest BCUT2D eigenvalue weighted by Gasteiger charge is 2.34. The van der Waals surface area contributed by atoms with E-state index in [1.807, 2.05) is 19.1 Å². The fourth-order valence-corrected chi connectivity index (χ4v) is 3.38. The van der Waals surface area contributed by atoms with Gasteiger partial charge in [0.05, 0.1) is 4.47 Å². The Bertz CT molecular complexity index is 672. The van der Waals surface area contributed by atoms with Crippen molar-refractivity contribution in [2.24, 2.45) is 0 Å². The van der Waals surface area contributed by atoms with E-state index in [0.717, 1.165) is 6.42 Å². The van der Waals surface area contributed by atoms with Crippen LogP contribution < -0.4 is 5.32 Å². The standard InChI is InChI=1S/C17H16BrF2N/c1-2-21-17(12-7-10-5-3-4-6-11(10)12)13-8-16(20)14(18)9-15(13)19/h3-6,8-9,12,17,21H,2,7H2,1H3. The van der Waals surface area contributed by atoms with E-state index < -0.39 is 5.82 Å². The van der Waals surface area contributed by atoms with Gasteiger partial charge in [-0.1, -0.05) is 31.2 Å². The smallest absolute Gasteiger partial charge is 0.137 e. The van der Waals surface area contributed by atoms with Gasteiger partial charge in [-0.2, -0.15) is 0 Å². The van der Waals surface area contributed by atoms with Crippen molar-refractivity contribution in [1.29, 1.82) is 0 Å². The van der Waals surface area contributed by atoms with E-state index in [4.69, 9.17) is 0 Å². The Labute approximate surface area is 131 Å². The first-order valence-electron chi connectivity index (χ1n) is 7.07. The summed E-state index contributed by atoms with van der Waals surface area (Å²) in [5, 5.41) is 3.31. The maximum absolute atomic E-state index is 14.3. The summed E-state index contributed by atoms with van der Waals surface area (Å²) >= 11 is 3.03. The molecule has 0 saturated carbocycles. The van der Waals surface area contributed by atoms with E-state index in [9.17, 15) is 8.78 Å². The highest BCUT2D eigenvalue weighted by molar-refractivity contribution is 9.10. The Morgan fingerprint density at radius 2 is 2.00 bits per heavy atom. The third-order valence-corrected chi connectivity index (χ3v) is 4.70. The first-order valence-corrected chi connectivity index (χ1v) is 7.86. The van der Waals surface area contributed by atoms with Crippen molar-refractivity contribution >= 4 is 15.9 Å². The summed E-state index contributed by atoms with van der Waals surface area (Å²) in [5.41, 5.74) is 2.92. The highest BCUT2D eigenvalue weighted by Crippen LogP contribution is 2.44. The van der Waals surface area contributed by atoms with Crippen LogP contribution in [0.2, 0.25) is 0 Å². The van der Waals surface area contributed by atoms with Crippen LogP contribution in [0.5, 0.6) is 0 Å². The van der Waals surface area contributed by atoms with Gasteiger partial charge in [-0.05, 0) is 52.2 Å². The summed E-state index contributed by atoms with van der Waals surface area (Å²) < 4.78 is 28.2. The van der Waals surface area contributed by atoms with Crippen molar-refractivity contribution in [3.8, 4) is 0 Å². The summed E-state index contributed by atoms with van der Waals surface area (Å²) in [4.78, 5) is 0. The minimum Gasteiger partial charge on any atom is -0.310 e. The number of fused-ring (bicyclic) bond motifs is 1. The van der Waals surface area contributed by atoms with E-state index in [1.165, 1.54) is 23.3 Å². The van der Waals surface area contributed by atoms with Gasteiger partial charge >= 0.3 is 0 Å². The summed E-state index contributed by atoms with van der Waals surface area (Å²) in [5.74, 6) is -0.614. The van der Waals surface area contributed by atoms with Crippen LogP contribution in [-0.2, 0) is 6.42 Å². The van der Waals surface area contributed by atoms with Gasteiger partial charge in [0.15, 0.2) is 0 Å². The summed E-state index contributed by atoms with van der Waals surface area (Å²) in [6, 6.07) is 10.5. The van der Waals surface area contributed by atoms with E-state index in [0.29, 0.717) is 12.1 Å². The van der Waals surface area contributed by atoms with Gasteiger partial charge in [-0.3, -0.25) is 0 Å². The van der Waals surface area contributed by atoms with E-state index >= 15 is 0 Å². The number of benzene rings is 2. The molecule has 110 valence electrons. The second kappa shape index (κ2) is 5.85. The Hall–Kier alpha value is -1.26. The molecular formula is C17H16BrF2N. The number of hydrogen-bond acceptors (Lipinski definition) is 1. The SMILES string of the molecule is CCNC(c1cc(F)c(Br)cc1F)C1Cc2ccccc21. The van der Waals surface area contributed by atoms with Crippen molar-refractivity contribution in [3.05, 3.63) is 69.2 Å². The largest absolute Gasteiger partial charge is 0.310 e. The van der Waals surface area contributed by atoms with Crippen molar-refractivity contribution in [1.82, 2.24) is 5.32 Å². The fourth-order valence-electron chi connectivity index (χ4n) is 3.06. The van der Waals surface area contributed by atoms with Crippen LogP contribution >= 0.6 is 15.9 Å². The Balaban J connectivity index is 1.99. The van der Waals surface area contributed by atoms with Gasteiger partial charge in [0.1, 0.15) is 11.6 Å². The van der Waals surface area contributed by atoms with Gasteiger partial charge in [-0.15, -0.1) is 0 Å². The summed E-state index contributed by atoms with van der Waals surface area (Å²) in [7, 11) is 0. The van der Waals surface area contributed by atoms with E-state index in [-0.39, 0.29) is 22.2 Å². The molecule has 1 N–H and O–H groups in total. The Kier molecular flexibility index (Phi) is 4.09. The van der Waals surface area contributed by atoms with Gasteiger partial charge < -0.3 is 5.32 Å². The predicted octanol–water partition coefficient (Wildman–Crippen LogP) is 4.72. The quantitative estimate of drug-likeness (QED) is 0.786. The number of likely N-dealkylation sites (N-methyl/N-ethyl adjacent to an activating group) is 1. The molecule has 0 saturated heterocycles. The first kappa shape index (κ1) is 14.7. The molecule has 0 heterocycles. The maximum atomic E-state index is 14.3. The third kappa shape index (κ3) is 2.62. The van der Waals surface area contributed by atoms with Crippen LogP contribution in [0, 0.1) is 11.6 Å². The lowest BCUT2D eigenvalue weighted by Gasteiger charge is -2.37. The zero-order chi connectivity index (χ0) is 15.0. The highest BCUT2D eigenvalue weighted by atomic mass is 79.9. The molecule has 4 heteroatoms. The predicted molar refractivity (Wildman–Crippen MR) is 83.4 cm³/mol. The molecular weight excluding hydrogens is 336 g/mol. The monoisotopic (exact) mass is 351 g/mol. The lowest BCUT2D eigenvalue weighted by Crippen LogP contribution is -2.34. The molecule has 0 aliphatic heterocycles. The van der Waals surface area contributed by atoms with Crippen LogP contribution in [0.1, 0.15) is 35.6 Å². The molecule has 1 aliphatic carbocycles. The minimum absolute atomic E-state index is 0.160. The molecule has 0 bridgehead atoms. The molecule has 2 aromatic rings. The average molecular weight is 352 g/mol. The van der Waals surface area contributed by atoms with Crippen LogP contribution in [0.25, 0.3) is 0 Å². The molecule has 2 unspecified atom stereocenters. The second-order valence-electron chi connectivity index (χ2n) is 5.33. The van der Waals surface area contributed by atoms with Crippen LogP contribution in [0.15, 0.2) is 40.9 Å². The Morgan fingerprint density at radius 1 is 1.24 bits per heavy atom. The molecule has 3 rings (SSSR count). The minimum atomic E-state index is -0.429. The molecule has 2 aromatic carbocycles. The molecule has 21 heavy (non-hydrogen) atoms. The van der Waals surface area contributed by atoms with E-state index in [1.54, 1.807) is 0 Å². The third-order valence-electron chi connectivity index (χ3n) is 4.10. The molecule has 1 aliphatic rings. The van der Waals surface area contributed by atoms with Gasteiger partial charge in [0.2, 0.25) is 0 Å². The normalized spacial score (nSPS) is 18.0. The molecule has 1 nitrogen and oxygen atoms in total. The summed E-state index contributed by atoms with van der Waals surface area (Å²) in [6.07, 6.45) is 0.894. The number of nitrogens with one attached hydrogen (secondary N) is 1. The number of hydrogen-bond donors (Lipinski definition) is 1. The van der Waals surface area contributed by atoms with Gasteiger partial charge in [0, 0.05) is 17.5 Å². The second-order valence-corrected chi connectivity index (χ2v) is 6.19. The molecule has 0 amide bonds. The van der Waals surface area contributed by atoms with E-state index in [2.05, 4.69) is 33.4 Å². The topological polar surface area (TPSA) is 12.0 Å². The maximum Gasteiger partial charge on any atom is 0.137 e. The zero-order valence-corrected chi connectivity index (χ0v) is 13.3. The van der Waals surface area contributed by atoms with Crippen molar-refractivity contribution < 1.29 is 8.78 Å². The Morgan fingerprint density at radius 3 is 2.71 bits per heavy atom. The lowest BCUT2D eigenvalue weighted by molar-refractivity contribution is 0.402. The molecule has 0 radical (unpaired) electrons. The van der Waals surface area contributed by atoms with Crippen LogP contribution in [0.4, 0.5) is 8.78 Å². The molecule has 0 aromatic heterocycles. The van der Waals surface area contributed by atoms with Crippen molar-refractivity contribution in [2.45, 2.75) is 25.3 Å². The molecule has 2 atom stereocenters.